The van der Waals surface area contributed by atoms with Crippen LogP contribution in [0.1, 0.15) is 29.4 Å². The molecule has 0 aliphatic heterocycles. The third kappa shape index (κ3) is 3.62. The second-order valence-corrected chi connectivity index (χ2v) is 5.09. The molecule has 0 heterocycles. The predicted octanol–water partition coefficient (Wildman–Crippen LogP) is 4.01. The number of ether oxygens (including phenoxy) is 2. The van der Waals surface area contributed by atoms with Crippen LogP contribution in [0.25, 0.3) is 0 Å². The minimum absolute atomic E-state index is 0.232. The topological polar surface area (TPSA) is 66.0 Å². The summed E-state index contributed by atoms with van der Waals surface area (Å²) >= 11 is 0. The van der Waals surface area contributed by atoms with Gasteiger partial charge in [0.1, 0.15) is 11.5 Å². The zero-order valence-electron chi connectivity index (χ0n) is 13.2. The van der Waals surface area contributed by atoms with Crippen molar-refractivity contribution >= 4 is 0 Å². The number of hydrogen-bond acceptors (Lipinski definition) is 4. The Morgan fingerprint density at radius 3 is 2.30 bits per heavy atom. The minimum Gasteiger partial charge on any atom is -0.497 e. The Labute approximate surface area is 136 Å². The van der Waals surface area contributed by atoms with E-state index in [-0.39, 0.29) is 12.3 Å². The second kappa shape index (κ2) is 7.87. The lowest BCUT2D eigenvalue weighted by molar-refractivity contribution is 0.387. The van der Waals surface area contributed by atoms with Crippen LogP contribution in [0.5, 0.6) is 11.5 Å². The number of nitrogens with zero attached hydrogens (tertiary/aromatic N) is 2. The van der Waals surface area contributed by atoms with Crippen LogP contribution in [0, 0.1) is 22.7 Å². The Morgan fingerprint density at radius 2 is 1.74 bits per heavy atom. The van der Waals surface area contributed by atoms with Crippen LogP contribution in [0.4, 0.5) is 0 Å². The lowest BCUT2D eigenvalue weighted by Crippen LogP contribution is -2.11. The number of rotatable bonds is 6. The van der Waals surface area contributed by atoms with E-state index in [0.717, 1.165) is 11.1 Å². The fraction of sp³-hybridized carbons (Fsp3) is 0.263. The molecule has 0 saturated heterocycles. The highest BCUT2D eigenvalue weighted by atomic mass is 16.5. The molecule has 0 radical (unpaired) electrons. The molecule has 2 aromatic rings. The first-order valence-electron chi connectivity index (χ1n) is 7.28. The fourth-order valence-electron chi connectivity index (χ4n) is 2.69. The van der Waals surface area contributed by atoms with Gasteiger partial charge in [-0.1, -0.05) is 36.4 Å². The van der Waals surface area contributed by atoms with Gasteiger partial charge in [-0.2, -0.15) is 10.5 Å². The molecule has 0 unspecified atom stereocenters. The lowest BCUT2D eigenvalue weighted by atomic mass is 9.80. The molecule has 116 valence electrons. The summed E-state index contributed by atoms with van der Waals surface area (Å²) in [6, 6.07) is 19.5. The number of methoxy groups -OCH3 is 2. The Hall–Kier alpha value is -2.98. The van der Waals surface area contributed by atoms with E-state index in [2.05, 4.69) is 12.1 Å². The largest absolute Gasteiger partial charge is 0.497 e. The van der Waals surface area contributed by atoms with Gasteiger partial charge < -0.3 is 9.47 Å². The second-order valence-electron chi connectivity index (χ2n) is 5.09. The standard InChI is InChI=1S/C19H18N2O2/c1-22-15-8-9-17(19(12-15)23-2)16(10-11-20)18(13-21)14-6-4-3-5-7-14/h3-9,12,16,18H,10H2,1-2H3/t16-,18-/m1/s1. The molecular weight excluding hydrogens is 288 g/mol. The van der Waals surface area contributed by atoms with Crippen LogP contribution in [-0.4, -0.2) is 14.2 Å². The first-order chi connectivity index (χ1) is 11.2. The van der Waals surface area contributed by atoms with Crippen molar-refractivity contribution in [1.82, 2.24) is 0 Å². The smallest absolute Gasteiger partial charge is 0.126 e. The maximum atomic E-state index is 9.68. The van der Waals surface area contributed by atoms with Crippen LogP contribution < -0.4 is 9.47 Å². The summed E-state index contributed by atoms with van der Waals surface area (Å²) in [5.74, 6) is 0.613. The van der Waals surface area contributed by atoms with Gasteiger partial charge in [-0.15, -0.1) is 0 Å². The predicted molar refractivity (Wildman–Crippen MR) is 87.3 cm³/mol. The van der Waals surface area contributed by atoms with Gasteiger partial charge in [0.2, 0.25) is 0 Å². The van der Waals surface area contributed by atoms with Crippen molar-refractivity contribution in [1.29, 1.82) is 10.5 Å². The molecule has 0 fully saturated rings. The summed E-state index contributed by atoms with van der Waals surface area (Å²) in [6.45, 7) is 0. The van der Waals surface area contributed by atoms with E-state index in [0.29, 0.717) is 11.5 Å². The van der Waals surface area contributed by atoms with Gasteiger partial charge >= 0.3 is 0 Å². The lowest BCUT2D eigenvalue weighted by Gasteiger charge is -2.22. The average molecular weight is 306 g/mol. The van der Waals surface area contributed by atoms with E-state index in [1.807, 2.05) is 42.5 Å². The Balaban J connectivity index is 2.50. The summed E-state index contributed by atoms with van der Waals surface area (Å²) < 4.78 is 10.7. The molecule has 0 saturated carbocycles. The Morgan fingerprint density at radius 1 is 1.00 bits per heavy atom. The highest BCUT2D eigenvalue weighted by molar-refractivity contribution is 5.46. The molecule has 23 heavy (non-hydrogen) atoms. The molecule has 0 bridgehead atoms. The van der Waals surface area contributed by atoms with Gasteiger partial charge in [-0.25, -0.2) is 0 Å². The molecule has 2 atom stereocenters. The molecule has 4 nitrogen and oxygen atoms in total. The van der Waals surface area contributed by atoms with Crippen LogP contribution >= 0.6 is 0 Å². The summed E-state index contributed by atoms with van der Waals surface area (Å²) in [5.41, 5.74) is 1.73. The van der Waals surface area contributed by atoms with Crippen molar-refractivity contribution in [2.24, 2.45) is 0 Å². The van der Waals surface area contributed by atoms with Gasteiger partial charge in [0.15, 0.2) is 0 Å². The van der Waals surface area contributed by atoms with E-state index in [1.165, 1.54) is 0 Å². The van der Waals surface area contributed by atoms with Gasteiger partial charge in [0, 0.05) is 24.0 Å². The normalized spacial score (nSPS) is 12.5. The first-order valence-corrected chi connectivity index (χ1v) is 7.28. The van der Waals surface area contributed by atoms with Crippen molar-refractivity contribution in [2.75, 3.05) is 14.2 Å². The number of hydrogen-bond donors (Lipinski definition) is 0. The third-order valence-electron chi connectivity index (χ3n) is 3.85. The number of nitriles is 2. The van der Waals surface area contributed by atoms with Crippen LogP contribution in [0.15, 0.2) is 48.5 Å². The Kier molecular flexibility index (Phi) is 5.61. The highest BCUT2D eigenvalue weighted by Gasteiger charge is 2.27. The summed E-state index contributed by atoms with van der Waals surface area (Å²) in [5, 5.41) is 18.9. The van der Waals surface area contributed by atoms with Gasteiger partial charge in [-0.3, -0.25) is 0 Å². The number of benzene rings is 2. The molecule has 0 aromatic heterocycles. The van der Waals surface area contributed by atoms with E-state index >= 15 is 0 Å². The maximum absolute atomic E-state index is 9.68. The molecule has 0 aliphatic rings. The summed E-state index contributed by atoms with van der Waals surface area (Å²) in [4.78, 5) is 0. The van der Waals surface area contributed by atoms with Crippen LogP contribution in [-0.2, 0) is 0 Å². The molecular formula is C19H18N2O2. The maximum Gasteiger partial charge on any atom is 0.126 e. The van der Waals surface area contributed by atoms with E-state index in [9.17, 15) is 10.5 Å². The van der Waals surface area contributed by atoms with Crippen molar-refractivity contribution in [2.45, 2.75) is 18.3 Å². The molecule has 0 spiro atoms. The quantitative estimate of drug-likeness (QED) is 0.808. The molecule has 0 aliphatic carbocycles. The van der Waals surface area contributed by atoms with E-state index < -0.39 is 5.92 Å². The monoisotopic (exact) mass is 306 g/mol. The van der Waals surface area contributed by atoms with Gasteiger partial charge in [-0.05, 0) is 11.6 Å². The minimum atomic E-state index is -0.418. The molecule has 2 aromatic carbocycles. The third-order valence-corrected chi connectivity index (χ3v) is 3.85. The zero-order chi connectivity index (χ0) is 16.7. The van der Waals surface area contributed by atoms with Gasteiger partial charge in [0.05, 0.1) is 32.3 Å². The van der Waals surface area contributed by atoms with Crippen LogP contribution in [0.2, 0.25) is 0 Å². The molecule has 0 amide bonds. The first kappa shape index (κ1) is 16.4. The van der Waals surface area contributed by atoms with E-state index in [1.54, 1.807) is 20.3 Å². The SMILES string of the molecule is COc1ccc([C@@H](CC#N)[C@H](C#N)c2ccccc2)c(OC)c1. The van der Waals surface area contributed by atoms with Crippen molar-refractivity contribution in [3.05, 3.63) is 59.7 Å². The van der Waals surface area contributed by atoms with Crippen molar-refractivity contribution in [3.8, 4) is 23.6 Å². The van der Waals surface area contributed by atoms with E-state index in [4.69, 9.17) is 9.47 Å². The van der Waals surface area contributed by atoms with Crippen LogP contribution in [0.3, 0.4) is 0 Å². The highest BCUT2D eigenvalue weighted by Crippen LogP contribution is 2.40. The van der Waals surface area contributed by atoms with Crippen molar-refractivity contribution < 1.29 is 9.47 Å². The Bertz CT molecular complexity index is 729. The summed E-state index contributed by atoms with van der Waals surface area (Å²) in [7, 11) is 3.16. The van der Waals surface area contributed by atoms with Crippen molar-refractivity contribution in [3.63, 3.8) is 0 Å². The van der Waals surface area contributed by atoms with Gasteiger partial charge in [0.25, 0.3) is 0 Å². The molecule has 4 heteroatoms. The molecule has 2 rings (SSSR count). The molecule has 0 N–H and O–H groups in total. The summed E-state index contributed by atoms with van der Waals surface area (Å²) in [6.07, 6.45) is 0.232. The zero-order valence-corrected chi connectivity index (χ0v) is 13.2. The fourth-order valence-corrected chi connectivity index (χ4v) is 2.69. The average Bonchev–Trinajstić information content (AvgIpc) is 2.62.